The molecule has 3 aromatic heterocycles. The summed E-state index contributed by atoms with van der Waals surface area (Å²) in [6.07, 6.45) is 0. The van der Waals surface area contributed by atoms with Gasteiger partial charge in [0.2, 0.25) is 0 Å². The number of furan rings is 1. The van der Waals surface area contributed by atoms with Gasteiger partial charge in [0.1, 0.15) is 11.2 Å². The van der Waals surface area contributed by atoms with Crippen molar-refractivity contribution in [2.75, 3.05) is 0 Å². The number of fused-ring (bicyclic) bond motifs is 11. The summed E-state index contributed by atoms with van der Waals surface area (Å²) in [5, 5.41) is 15.9. The summed E-state index contributed by atoms with van der Waals surface area (Å²) in [6.45, 7) is 0. The first-order valence-corrected chi connectivity index (χ1v) is 17.6. The second-order valence-electron chi connectivity index (χ2n) is 12.4. The fraction of sp³-hybridized carbons (Fsp3) is 0. The fourth-order valence-electron chi connectivity index (χ4n) is 7.92. The maximum absolute atomic E-state index is 6.65. The highest BCUT2D eigenvalue weighted by Crippen LogP contribution is 2.50. The van der Waals surface area contributed by atoms with E-state index in [1.165, 1.54) is 84.8 Å². The molecule has 0 radical (unpaired) electrons. The van der Waals surface area contributed by atoms with E-state index in [0.29, 0.717) is 0 Å². The molecule has 0 aliphatic heterocycles. The van der Waals surface area contributed by atoms with Crippen molar-refractivity contribution in [3.05, 3.63) is 145 Å². The van der Waals surface area contributed by atoms with E-state index in [1.54, 1.807) is 0 Å². The zero-order valence-electron chi connectivity index (χ0n) is 25.1. The van der Waals surface area contributed by atoms with E-state index >= 15 is 0 Å². The van der Waals surface area contributed by atoms with Crippen LogP contribution in [-0.2, 0) is 0 Å². The molecule has 1 nitrogen and oxygen atoms in total. The lowest BCUT2D eigenvalue weighted by Crippen LogP contribution is -1.92. The summed E-state index contributed by atoms with van der Waals surface area (Å²) < 4.78 is 10.7. The van der Waals surface area contributed by atoms with E-state index in [0.717, 1.165) is 21.9 Å². The molecule has 0 fully saturated rings. The normalized spacial score (nSPS) is 12.3. The maximum Gasteiger partial charge on any atom is 0.143 e. The van der Waals surface area contributed by atoms with Crippen LogP contribution in [0.1, 0.15) is 0 Å². The molecular weight excluding hydrogens is 609 g/mol. The third-order valence-electron chi connectivity index (χ3n) is 9.91. The van der Waals surface area contributed by atoms with Crippen molar-refractivity contribution in [2.45, 2.75) is 0 Å². The van der Waals surface area contributed by atoms with Crippen molar-refractivity contribution < 1.29 is 4.42 Å². The maximum atomic E-state index is 6.65. The number of benzene rings is 8. The molecule has 3 heterocycles. The SMILES string of the molecule is c1ccc2c(c1)cc(-c1c3ccccc3c(-c3cccc4c3sc3cc5sccc5cc34)c3ccccc13)c1c3ccccc3oc21. The molecule has 0 amide bonds. The average molecular weight is 633 g/mol. The molecule has 11 rings (SSSR count). The zero-order chi connectivity index (χ0) is 30.6. The second kappa shape index (κ2) is 9.52. The first-order valence-electron chi connectivity index (χ1n) is 15.9. The molecular formula is C44H24OS2. The van der Waals surface area contributed by atoms with E-state index in [9.17, 15) is 0 Å². The highest BCUT2D eigenvalue weighted by Gasteiger charge is 2.23. The molecule has 0 spiro atoms. The van der Waals surface area contributed by atoms with E-state index < -0.39 is 0 Å². The Morgan fingerprint density at radius 1 is 0.426 bits per heavy atom. The topological polar surface area (TPSA) is 13.1 Å². The number of para-hydroxylation sites is 1. The Hall–Kier alpha value is -5.48. The standard InChI is InChI=1S/C44H24OS2/c1-2-11-27-25(10-1)22-36(42-33-16-7-8-19-37(33)45-43(27)42)41-30-14-5-3-12-28(30)40(29-13-4-6-15-31(29)41)34-18-9-17-32-35-23-26-20-21-46-38(26)24-39(35)47-44(32)34/h1-24H. The molecule has 0 saturated carbocycles. The van der Waals surface area contributed by atoms with Crippen LogP contribution in [-0.4, -0.2) is 0 Å². The van der Waals surface area contributed by atoms with Gasteiger partial charge in [0, 0.05) is 46.6 Å². The van der Waals surface area contributed by atoms with Gasteiger partial charge in [-0.15, -0.1) is 22.7 Å². The van der Waals surface area contributed by atoms with E-state index in [1.807, 2.05) is 22.7 Å². The number of hydrogen-bond acceptors (Lipinski definition) is 3. The molecule has 0 N–H and O–H groups in total. The predicted octanol–water partition coefficient (Wildman–Crippen LogP) is 14.0. The van der Waals surface area contributed by atoms with Crippen molar-refractivity contribution >= 4 is 107 Å². The van der Waals surface area contributed by atoms with Crippen molar-refractivity contribution in [1.82, 2.24) is 0 Å². The van der Waals surface area contributed by atoms with Crippen molar-refractivity contribution in [3.63, 3.8) is 0 Å². The Morgan fingerprint density at radius 3 is 1.83 bits per heavy atom. The van der Waals surface area contributed by atoms with Crippen LogP contribution < -0.4 is 0 Å². The molecule has 0 saturated heterocycles. The Labute approximate surface area is 277 Å². The molecule has 0 bridgehead atoms. The number of thiophene rings is 2. The Bertz CT molecular complexity index is 3020. The molecule has 8 aromatic carbocycles. The monoisotopic (exact) mass is 632 g/mol. The van der Waals surface area contributed by atoms with Gasteiger partial charge in [0.25, 0.3) is 0 Å². The lowest BCUT2D eigenvalue weighted by molar-refractivity contribution is 0.673. The summed E-state index contributed by atoms with van der Waals surface area (Å²) in [5.74, 6) is 0. The Balaban J connectivity index is 1.31. The smallest absolute Gasteiger partial charge is 0.143 e. The molecule has 47 heavy (non-hydrogen) atoms. The van der Waals surface area contributed by atoms with Gasteiger partial charge in [-0.05, 0) is 84.7 Å². The molecule has 3 heteroatoms. The molecule has 0 unspecified atom stereocenters. The molecule has 0 aliphatic rings. The van der Waals surface area contributed by atoms with Gasteiger partial charge in [-0.1, -0.05) is 109 Å². The Kier molecular flexibility index (Phi) is 5.20. The summed E-state index contributed by atoms with van der Waals surface area (Å²) in [6, 6.07) is 51.3. The van der Waals surface area contributed by atoms with Gasteiger partial charge in [0.15, 0.2) is 0 Å². The third kappa shape index (κ3) is 3.53. The average Bonchev–Trinajstić information content (AvgIpc) is 3.84. The minimum atomic E-state index is 0.918. The van der Waals surface area contributed by atoms with Crippen molar-refractivity contribution in [1.29, 1.82) is 0 Å². The zero-order valence-corrected chi connectivity index (χ0v) is 26.7. The van der Waals surface area contributed by atoms with Gasteiger partial charge < -0.3 is 4.42 Å². The molecule has 0 aliphatic carbocycles. The predicted molar refractivity (Wildman–Crippen MR) is 205 cm³/mol. The van der Waals surface area contributed by atoms with E-state index in [-0.39, 0.29) is 0 Å². The lowest BCUT2D eigenvalue weighted by Gasteiger charge is -2.19. The minimum Gasteiger partial charge on any atom is -0.455 e. The van der Waals surface area contributed by atoms with Crippen LogP contribution in [0.15, 0.2) is 149 Å². The highest BCUT2D eigenvalue weighted by molar-refractivity contribution is 7.26. The largest absolute Gasteiger partial charge is 0.455 e. The van der Waals surface area contributed by atoms with E-state index in [2.05, 4.69) is 145 Å². The van der Waals surface area contributed by atoms with Gasteiger partial charge >= 0.3 is 0 Å². The van der Waals surface area contributed by atoms with Crippen LogP contribution in [0.25, 0.3) is 107 Å². The van der Waals surface area contributed by atoms with Crippen molar-refractivity contribution in [3.8, 4) is 22.3 Å². The Morgan fingerprint density at radius 2 is 1.06 bits per heavy atom. The summed E-state index contributed by atoms with van der Waals surface area (Å²) in [5.41, 5.74) is 6.93. The minimum absolute atomic E-state index is 0.918. The second-order valence-corrected chi connectivity index (χ2v) is 14.4. The molecule has 11 aromatic rings. The van der Waals surface area contributed by atoms with Crippen LogP contribution in [0.2, 0.25) is 0 Å². The molecule has 0 atom stereocenters. The van der Waals surface area contributed by atoms with Gasteiger partial charge in [-0.25, -0.2) is 0 Å². The number of hydrogen-bond donors (Lipinski definition) is 0. The van der Waals surface area contributed by atoms with E-state index in [4.69, 9.17) is 4.42 Å². The third-order valence-corrected chi connectivity index (χ3v) is 12.0. The first kappa shape index (κ1) is 25.7. The van der Waals surface area contributed by atoms with Crippen LogP contribution in [0.5, 0.6) is 0 Å². The highest BCUT2D eigenvalue weighted by atomic mass is 32.1. The summed E-state index contributed by atoms with van der Waals surface area (Å²) >= 11 is 3.74. The number of rotatable bonds is 2. The lowest BCUT2D eigenvalue weighted by atomic mass is 9.84. The van der Waals surface area contributed by atoms with Gasteiger partial charge in [-0.3, -0.25) is 0 Å². The summed E-state index contributed by atoms with van der Waals surface area (Å²) in [7, 11) is 0. The van der Waals surface area contributed by atoms with Crippen LogP contribution in [0.4, 0.5) is 0 Å². The van der Waals surface area contributed by atoms with Crippen LogP contribution in [0.3, 0.4) is 0 Å². The van der Waals surface area contributed by atoms with Gasteiger partial charge in [0.05, 0.1) is 0 Å². The van der Waals surface area contributed by atoms with Crippen LogP contribution in [0, 0.1) is 0 Å². The fourth-order valence-corrected chi connectivity index (χ4v) is 10.0. The molecule has 218 valence electrons. The quantitative estimate of drug-likeness (QED) is 0.173. The van der Waals surface area contributed by atoms with Crippen LogP contribution >= 0.6 is 22.7 Å². The van der Waals surface area contributed by atoms with Gasteiger partial charge in [-0.2, -0.15) is 0 Å². The van der Waals surface area contributed by atoms with Crippen molar-refractivity contribution in [2.24, 2.45) is 0 Å². The first-order chi connectivity index (χ1) is 23.3. The summed E-state index contributed by atoms with van der Waals surface area (Å²) in [4.78, 5) is 0.